The summed E-state index contributed by atoms with van der Waals surface area (Å²) in [5, 5.41) is 6.18. The minimum Gasteiger partial charge on any atom is -0.341 e. The molecular weight excluding hydrogens is 350 g/mol. The van der Waals surface area contributed by atoms with E-state index in [0.717, 1.165) is 38.0 Å². The van der Waals surface area contributed by atoms with Gasteiger partial charge in [-0.25, -0.2) is 0 Å². The van der Waals surface area contributed by atoms with Gasteiger partial charge in [-0.3, -0.25) is 9.59 Å². The van der Waals surface area contributed by atoms with E-state index in [1.807, 2.05) is 50.9 Å². The number of piperidine rings is 1. The van der Waals surface area contributed by atoms with Crippen molar-refractivity contribution >= 4 is 24.2 Å². The summed E-state index contributed by atoms with van der Waals surface area (Å²) in [6.45, 7) is 8.42. The zero-order valence-electron chi connectivity index (χ0n) is 16.2. The summed E-state index contributed by atoms with van der Waals surface area (Å²) in [6.07, 6.45) is 2.03. The molecule has 1 aromatic rings. The number of nitrogens with zero attached hydrogens (tertiary/aromatic N) is 1. The van der Waals surface area contributed by atoms with Crippen molar-refractivity contribution in [2.45, 2.75) is 39.7 Å². The number of hydrogen-bond acceptors (Lipinski definition) is 3. The number of hydrogen-bond donors (Lipinski definition) is 2. The van der Waals surface area contributed by atoms with Crippen molar-refractivity contribution in [3.8, 4) is 0 Å². The van der Waals surface area contributed by atoms with Crippen LogP contribution in [0.5, 0.6) is 0 Å². The topological polar surface area (TPSA) is 61.4 Å². The largest absolute Gasteiger partial charge is 0.341 e. The number of amides is 2. The van der Waals surface area contributed by atoms with Crippen LogP contribution in [0.1, 0.15) is 42.6 Å². The minimum atomic E-state index is -0.479. The van der Waals surface area contributed by atoms with Gasteiger partial charge < -0.3 is 15.5 Å². The monoisotopic (exact) mass is 381 g/mol. The predicted molar refractivity (Wildman–Crippen MR) is 108 cm³/mol. The van der Waals surface area contributed by atoms with Crippen molar-refractivity contribution in [1.29, 1.82) is 0 Å². The van der Waals surface area contributed by atoms with E-state index in [2.05, 4.69) is 10.6 Å². The average molecular weight is 382 g/mol. The third kappa shape index (κ3) is 5.71. The molecule has 1 aromatic carbocycles. The number of carbonyl (C=O) groups excluding carboxylic acids is 2. The Morgan fingerprint density at radius 1 is 1.19 bits per heavy atom. The van der Waals surface area contributed by atoms with Crippen LogP contribution in [0.15, 0.2) is 24.3 Å². The van der Waals surface area contributed by atoms with Gasteiger partial charge in [-0.05, 0) is 56.8 Å². The maximum atomic E-state index is 13.0. The van der Waals surface area contributed by atoms with Crippen molar-refractivity contribution in [3.63, 3.8) is 0 Å². The molecule has 5 nitrogen and oxygen atoms in total. The Balaban J connectivity index is 0.00000338. The number of benzene rings is 1. The summed E-state index contributed by atoms with van der Waals surface area (Å²) in [6, 6.07) is 6.99. The highest BCUT2D eigenvalue weighted by atomic mass is 35.5. The number of likely N-dealkylation sites (tertiary alicyclic amines) is 1. The van der Waals surface area contributed by atoms with E-state index < -0.39 is 6.04 Å². The van der Waals surface area contributed by atoms with E-state index in [1.165, 1.54) is 0 Å². The second-order valence-corrected chi connectivity index (χ2v) is 7.34. The molecule has 2 amide bonds. The summed E-state index contributed by atoms with van der Waals surface area (Å²) >= 11 is 0. The summed E-state index contributed by atoms with van der Waals surface area (Å²) in [4.78, 5) is 27.5. The molecule has 1 aliphatic heterocycles. The average Bonchev–Trinajstić information content (AvgIpc) is 2.60. The molecule has 146 valence electrons. The second-order valence-electron chi connectivity index (χ2n) is 7.34. The maximum absolute atomic E-state index is 13.0. The number of carbonyl (C=O) groups is 2. The van der Waals surface area contributed by atoms with Crippen molar-refractivity contribution in [3.05, 3.63) is 35.4 Å². The van der Waals surface area contributed by atoms with Gasteiger partial charge in [0.2, 0.25) is 5.91 Å². The first kappa shape index (κ1) is 22.5. The lowest BCUT2D eigenvalue weighted by Crippen LogP contribution is -2.53. The van der Waals surface area contributed by atoms with Gasteiger partial charge in [-0.15, -0.1) is 12.4 Å². The van der Waals surface area contributed by atoms with Gasteiger partial charge in [0, 0.05) is 18.7 Å². The molecule has 1 fully saturated rings. The van der Waals surface area contributed by atoms with Crippen molar-refractivity contribution in [2.24, 2.45) is 11.8 Å². The zero-order chi connectivity index (χ0) is 18.4. The fourth-order valence-corrected chi connectivity index (χ4v) is 3.40. The van der Waals surface area contributed by atoms with Crippen LogP contribution in [-0.2, 0) is 4.79 Å². The number of nitrogens with one attached hydrogen (secondary N) is 2. The van der Waals surface area contributed by atoms with Crippen LogP contribution in [0, 0.1) is 18.8 Å². The van der Waals surface area contributed by atoms with E-state index in [4.69, 9.17) is 0 Å². The van der Waals surface area contributed by atoms with Crippen LogP contribution in [0.3, 0.4) is 0 Å². The minimum absolute atomic E-state index is 0. The van der Waals surface area contributed by atoms with Crippen LogP contribution in [0.4, 0.5) is 0 Å². The Kier molecular flexibility index (Phi) is 9.09. The van der Waals surface area contributed by atoms with Gasteiger partial charge in [0.25, 0.3) is 5.91 Å². The van der Waals surface area contributed by atoms with Crippen LogP contribution < -0.4 is 10.6 Å². The predicted octanol–water partition coefficient (Wildman–Crippen LogP) is 2.63. The van der Waals surface area contributed by atoms with Gasteiger partial charge in [-0.2, -0.15) is 0 Å². The van der Waals surface area contributed by atoms with E-state index >= 15 is 0 Å². The third-order valence-electron chi connectivity index (χ3n) is 5.03. The normalized spacial score (nSPS) is 16.1. The Morgan fingerprint density at radius 3 is 2.35 bits per heavy atom. The SMILES string of the molecule is CNCC1CCN(C(=O)C(NC(=O)c2ccccc2C)C(C)C)CC1.Cl. The molecule has 6 heteroatoms. The van der Waals surface area contributed by atoms with Crippen LogP contribution in [-0.4, -0.2) is 49.4 Å². The fourth-order valence-electron chi connectivity index (χ4n) is 3.40. The Morgan fingerprint density at radius 2 is 1.81 bits per heavy atom. The van der Waals surface area contributed by atoms with Gasteiger partial charge in [-0.1, -0.05) is 32.0 Å². The van der Waals surface area contributed by atoms with Crippen molar-refractivity contribution in [2.75, 3.05) is 26.7 Å². The number of aryl methyl sites for hydroxylation is 1. The molecule has 0 spiro atoms. The van der Waals surface area contributed by atoms with E-state index in [-0.39, 0.29) is 30.1 Å². The van der Waals surface area contributed by atoms with Gasteiger partial charge in [0.05, 0.1) is 0 Å². The first-order chi connectivity index (χ1) is 11.9. The summed E-state index contributed by atoms with van der Waals surface area (Å²) < 4.78 is 0. The van der Waals surface area contributed by atoms with Crippen LogP contribution >= 0.6 is 12.4 Å². The molecular formula is C20H32ClN3O2. The lowest BCUT2D eigenvalue weighted by atomic mass is 9.95. The zero-order valence-corrected chi connectivity index (χ0v) is 17.1. The second kappa shape index (κ2) is 10.5. The first-order valence-corrected chi connectivity index (χ1v) is 9.24. The number of halogens is 1. The molecule has 1 heterocycles. The van der Waals surface area contributed by atoms with E-state index in [0.29, 0.717) is 11.5 Å². The molecule has 26 heavy (non-hydrogen) atoms. The summed E-state index contributed by atoms with van der Waals surface area (Å²) in [7, 11) is 1.97. The lowest BCUT2D eigenvalue weighted by Gasteiger charge is -2.35. The summed E-state index contributed by atoms with van der Waals surface area (Å²) in [5.74, 6) is 0.554. The summed E-state index contributed by atoms with van der Waals surface area (Å²) in [5.41, 5.74) is 1.55. The van der Waals surface area contributed by atoms with Gasteiger partial charge in [0.15, 0.2) is 0 Å². The highest BCUT2D eigenvalue weighted by molar-refractivity contribution is 5.98. The highest BCUT2D eigenvalue weighted by Crippen LogP contribution is 2.19. The molecule has 1 aliphatic rings. The Hall–Kier alpha value is -1.59. The standard InChI is InChI=1S/C20H31N3O2.ClH/c1-14(2)18(22-19(24)17-8-6-5-7-15(17)3)20(25)23-11-9-16(10-12-23)13-21-4;/h5-8,14,16,18,21H,9-13H2,1-4H3,(H,22,24);1H. The Labute approximate surface area is 163 Å². The third-order valence-corrected chi connectivity index (χ3v) is 5.03. The maximum Gasteiger partial charge on any atom is 0.252 e. The molecule has 0 aromatic heterocycles. The molecule has 0 bridgehead atoms. The van der Waals surface area contributed by atoms with Crippen LogP contribution in [0.2, 0.25) is 0 Å². The van der Waals surface area contributed by atoms with Gasteiger partial charge in [0.1, 0.15) is 6.04 Å². The molecule has 0 aliphatic carbocycles. The molecule has 1 unspecified atom stereocenters. The number of rotatable bonds is 6. The van der Waals surface area contributed by atoms with Crippen molar-refractivity contribution < 1.29 is 9.59 Å². The van der Waals surface area contributed by atoms with Gasteiger partial charge >= 0.3 is 0 Å². The Bertz CT molecular complexity index is 598. The lowest BCUT2D eigenvalue weighted by molar-refractivity contribution is -0.135. The molecule has 0 saturated carbocycles. The smallest absolute Gasteiger partial charge is 0.252 e. The quantitative estimate of drug-likeness (QED) is 0.796. The van der Waals surface area contributed by atoms with Crippen LogP contribution in [0.25, 0.3) is 0 Å². The van der Waals surface area contributed by atoms with Crippen molar-refractivity contribution in [1.82, 2.24) is 15.5 Å². The molecule has 2 N–H and O–H groups in total. The van der Waals surface area contributed by atoms with E-state index in [1.54, 1.807) is 6.07 Å². The first-order valence-electron chi connectivity index (χ1n) is 9.24. The molecule has 2 rings (SSSR count). The highest BCUT2D eigenvalue weighted by Gasteiger charge is 2.31. The molecule has 0 radical (unpaired) electrons. The van der Waals surface area contributed by atoms with E-state index in [9.17, 15) is 9.59 Å². The molecule has 1 atom stereocenters. The fraction of sp³-hybridized carbons (Fsp3) is 0.600. The molecule has 1 saturated heterocycles.